The number of hydrogen-bond acceptors (Lipinski definition) is 3. The summed E-state index contributed by atoms with van der Waals surface area (Å²) < 4.78 is 3.40. The van der Waals surface area contributed by atoms with E-state index in [-0.39, 0.29) is 33.0 Å². The van der Waals surface area contributed by atoms with E-state index in [2.05, 4.69) is 52.6 Å². The normalized spacial score (nSPS) is 30.6. The second-order valence-corrected chi connectivity index (χ2v) is 8.57. The predicted octanol–water partition coefficient (Wildman–Crippen LogP) is 0.173. The van der Waals surface area contributed by atoms with Crippen LogP contribution in [0.1, 0.15) is 31.7 Å². The Morgan fingerprint density at radius 1 is 1.18 bits per heavy atom. The summed E-state index contributed by atoms with van der Waals surface area (Å²) in [6.45, 7) is 4.28. The minimum atomic E-state index is -0.229. The van der Waals surface area contributed by atoms with Gasteiger partial charge in [-0.3, -0.25) is 0 Å². The quantitative estimate of drug-likeness (QED) is 0.678. The Labute approximate surface area is 140 Å². The Morgan fingerprint density at radius 3 is 2.73 bits per heavy atom. The first-order chi connectivity index (χ1) is 10.7. The maximum atomic E-state index is 12.9. The summed E-state index contributed by atoms with van der Waals surface area (Å²) in [5, 5.41) is 3.49. The van der Waals surface area contributed by atoms with Crippen LogP contribution in [0.4, 0.5) is 0 Å². The maximum absolute atomic E-state index is 12.9. The molecule has 114 valence electrons. The topological polar surface area (TPSA) is 41.5 Å². The van der Waals surface area contributed by atoms with Gasteiger partial charge in [-0.05, 0) is 0 Å². The van der Waals surface area contributed by atoms with Gasteiger partial charge in [0.25, 0.3) is 0 Å². The summed E-state index contributed by atoms with van der Waals surface area (Å²) in [4.78, 5) is 17.5. The van der Waals surface area contributed by atoms with E-state index in [1.807, 2.05) is 6.07 Å². The summed E-state index contributed by atoms with van der Waals surface area (Å²) in [6, 6.07) is 10.4. The van der Waals surface area contributed by atoms with Crippen molar-refractivity contribution in [3.05, 3.63) is 56.6 Å². The van der Waals surface area contributed by atoms with Crippen molar-refractivity contribution in [1.29, 1.82) is 0 Å². The number of hydrogen-bond donors (Lipinski definition) is 1. The van der Waals surface area contributed by atoms with E-state index in [9.17, 15) is 4.79 Å². The van der Waals surface area contributed by atoms with Crippen molar-refractivity contribution in [3.8, 4) is 0 Å². The second-order valence-electron chi connectivity index (χ2n) is 6.23. The first-order valence-electron chi connectivity index (χ1n) is 7.67. The number of nitrogens with zero attached hydrogens (tertiary/aromatic N) is 1. The van der Waals surface area contributed by atoms with Crippen LogP contribution in [0.25, 0.3) is 0 Å². The number of carbonyl (C=O) groups is 1. The Balaban J connectivity index is 1.90. The first kappa shape index (κ1) is 14.2. The molecule has 2 aliphatic heterocycles. The summed E-state index contributed by atoms with van der Waals surface area (Å²) in [6.07, 6.45) is 0.924. The minimum absolute atomic E-state index is 0.112. The molecule has 1 aromatic carbocycles. The molecule has 3 atom stereocenters. The van der Waals surface area contributed by atoms with Crippen LogP contribution < -0.4 is 26.5 Å². The SMILES string of the molecule is C[C@@H]1C[C@@H](C)C2=C(C1=O)[C@@H](c1ccccc1)C1=C(N=C[I-]1)N2. The standard InChI is InChI=1S/C18H18IN2O/c1-10-8-11(2)17(22)14-13(12-6-4-3-5-7-12)15-18(20-9-19-15)21-16(10)14/h3-7,9-11,13,21H,8H2,1-2H3/q-1/t10-,11-,13-/m1/s1. The molecule has 0 fully saturated rings. The zero-order chi connectivity index (χ0) is 15.3. The van der Waals surface area contributed by atoms with Crippen molar-refractivity contribution in [2.75, 3.05) is 0 Å². The molecule has 0 saturated carbocycles. The Hall–Kier alpha value is -1.43. The molecule has 3 aliphatic rings. The molecule has 1 aromatic rings. The van der Waals surface area contributed by atoms with Crippen molar-refractivity contribution in [2.24, 2.45) is 16.8 Å². The molecular formula is C18H18IN2O-. The fourth-order valence-corrected chi connectivity index (χ4v) is 5.97. The molecule has 22 heavy (non-hydrogen) atoms. The molecular weight excluding hydrogens is 387 g/mol. The molecule has 0 spiro atoms. The number of allylic oxidation sites excluding steroid dienone is 3. The van der Waals surface area contributed by atoms with Crippen LogP contribution in [0, 0.1) is 11.8 Å². The Morgan fingerprint density at radius 2 is 1.95 bits per heavy atom. The van der Waals surface area contributed by atoms with E-state index < -0.39 is 0 Å². The number of ketones is 1. The van der Waals surface area contributed by atoms with Crippen LogP contribution in [-0.4, -0.2) is 10.0 Å². The number of aliphatic imine (C=N–C) groups is 1. The molecule has 1 aliphatic carbocycles. The monoisotopic (exact) mass is 405 g/mol. The van der Waals surface area contributed by atoms with Crippen molar-refractivity contribution in [3.63, 3.8) is 0 Å². The third kappa shape index (κ3) is 2.07. The zero-order valence-electron chi connectivity index (χ0n) is 12.6. The average Bonchev–Trinajstić information content (AvgIpc) is 3.00. The molecule has 0 unspecified atom stereocenters. The van der Waals surface area contributed by atoms with Gasteiger partial charge in [-0.2, -0.15) is 0 Å². The molecule has 0 aromatic heterocycles. The average molecular weight is 405 g/mol. The number of dihydropyridines is 1. The summed E-state index contributed by atoms with van der Waals surface area (Å²) in [5.74, 6) is 1.94. The van der Waals surface area contributed by atoms with Gasteiger partial charge >= 0.3 is 141 Å². The van der Waals surface area contributed by atoms with Crippen LogP contribution in [0.15, 0.2) is 56.0 Å². The summed E-state index contributed by atoms with van der Waals surface area (Å²) >= 11 is -0.229. The molecule has 0 amide bonds. The third-order valence-corrected chi connectivity index (χ3v) is 7.06. The van der Waals surface area contributed by atoms with Gasteiger partial charge in [0.1, 0.15) is 0 Å². The van der Waals surface area contributed by atoms with Crippen molar-refractivity contribution in [2.45, 2.75) is 26.2 Å². The van der Waals surface area contributed by atoms with Gasteiger partial charge in [0.15, 0.2) is 0 Å². The number of halogens is 1. The molecule has 0 radical (unpaired) electrons. The number of Topliss-reactive ketones (excluding diaryl/α,β-unsaturated/α-hetero) is 1. The molecule has 3 nitrogen and oxygen atoms in total. The third-order valence-electron chi connectivity index (χ3n) is 4.70. The second kappa shape index (κ2) is 5.33. The number of benzene rings is 1. The molecule has 4 heteroatoms. The Kier molecular flexibility index (Phi) is 3.44. The van der Waals surface area contributed by atoms with Crippen molar-refractivity contribution < 1.29 is 26.0 Å². The fourth-order valence-electron chi connectivity index (χ4n) is 3.65. The van der Waals surface area contributed by atoms with Crippen LogP contribution in [0.5, 0.6) is 0 Å². The summed E-state index contributed by atoms with van der Waals surface area (Å²) in [5.41, 5.74) is 3.34. The number of carbonyl (C=O) groups excluding carboxylic acids is 1. The van der Waals surface area contributed by atoms with Gasteiger partial charge in [-0.15, -0.1) is 0 Å². The van der Waals surface area contributed by atoms with Crippen molar-refractivity contribution >= 4 is 10.0 Å². The first-order valence-corrected chi connectivity index (χ1v) is 9.99. The van der Waals surface area contributed by atoms with Crippen LogP contribution in [0.3, 0.4) is 0 Å². The van der Waals surface area contributed by atoms with E-state index in [1.165, 1.54) is 9.14 Å². The molecule has 1 N–H and O–H groups in total. The molecule has 0 saturated heterocycles. The number of rotatable bonds is 1. The molecule has 4 rings (SSSR count). The molecule has 2 heterocycles. The van der Waals surface area contributed by atoms with E-state index in [0.29, 0.717) is 11.7 Å². The van der Waals surface area contributed by atoms with Gasteiger partial charge in [-0.1, -0.05) is 0 Å². The van der Waals surface area contributed by atoms with E-state index in [4.69, 9.17) is 0 Å². The summed E-state index contributed by atoms with van der Waals surface area (Å²) in [7, 11) is 0. The van der Waals surface area contributed by atoms with Gasteiger partial charge < -0.3 is 0 Å². The van der Waals surface area contributed by atoms with Crippen LogP contribution >= 0.6 is 0 Å². The van der Waals surface area contributed by atoms with Gasteiger partial charge in [0.2, 0.25) is 0 Å². The Bertz CT molecular complexity index is 733. The van der Waals surface area contributed by atoms with Crippen LogP contribution in [0.2, 0.25) is 0 Å². The van der Waals surface area contributed by atoms with Crippen molar-refractivity contribution in [1.82, 2.24) is 5.32 Å². The zero-order valence-corrected chi connectivity index (χ0v) is 14.8. The van der Waals surface area contributed by atoms with E-state index >= 15 is 0 Å². The van der Waals surface area contributed by atoms with Gasteiger partial charge in [-0.25, -0.2) is 0 Å². The van der Waals surface area contributed by atoms with Gasteiger partial charge in [0, 0.05) is 0 Å². The van der Waals surface area contributed by atoms with E-state index in [1.54, 1.807) is 0 Å². The molecule has 0 bridgehead atoms. The van der Waals surface area contributed by atoms with Gasteiger partial charge in [0.05, 0.1) is 0 Å². The van der Waals surface area contributed by atoms with Crippen LogP contribution in [-0.2, 0) is 4.79 Å². The predicted molar refractivity (Wildman–Crippen MR) is 82.8 cm³/mol. The van der Waals surface area contributed by atoms with E-state index in [0.717, 1.165) is 23.5 Å². The fraction of sp³-hybridized carbons (Fsp3) is 0.333. The number of nitrogens with one attached hydrogen (secondary N) is 1.